The van der Waals surface area contributed by atoms with Crippen molar-refractivity contribution in [2.45, 2.75) is 127 Å². The van der Waals surface area contributed by atoms with Crippen LogP contribution in [-0.2, 0) is 19.3 Å². The molecular formula is C46H60. The quantitative estimate of drug-likeness (QED) is 0.260. The molecule has 2 aromatic carbocycles. The third-order valence-electron chi connectivity index (χ3n) is 12.6. The predicted octanol–water partition coefficient (Wildman–Crippen LogP) is 13.1. The minimum Gasteiger partial charge on any atom is -0.0995 e. The molecule has 0 aliphatic heterocycles. The Bertz CT molecular complexity index is 1710. The number of rotatable bonds is 8. The van der Waals surface area contributed by atoms with Crippen LogP contribution in [0.4, 0.5) is 0 Å². The zero-order valence-corrected chi connectivity index (χ0v) is 31.1. The van der Waals surface area contributed by atoms with Crippen molar-refractivity contribution in [1.82, 2.24) is 0 Å². The van der Waals surface area contributed by atoms with Gasteiger partial charge in [-0.05, 0) is 150 Å². The summed E-state index contributed by atoms with van der Waals surface area (Å²) in [5, 5.41) is 0. The molecule has 0 heterocycles. The molecule has 5 rings (SSSR count). The van der Waals surface area contributed by atoms with Crippen LogP contribution in [0.3, 0.4) is 0 Å². The standard InChI is InChI=1S/C46H60/c1-27(2)37-20-17-36(18-21-37)22-30(7)16-19-38-23-39(28(3)4)40-25-44(13)26-45(14)24-31(8)41(29(5)6)34(11)46(45,15)35(12)43(44)33(10)42(40)32(38)9/h17-18,20-21,23,27-28H,5,7,10-11,16,19,22,24-26H2,1-4,6,8-9,12-15H3/t44-,45+,46-/m1/s1. The molecule has 3 aliphatic carbocycles. The molecule has 46 heavy (non-hydrogen) atoms. The average Bonchev–Trinajstić information content (AvgIpc) is 2.94. The zero-order chi connectivity index (χ0) is 34.1. The van der Waals surface area contributed by atoms with Gasteiger partial charge in [-0.3, -0.25) is 0 Å². The molecule has 0 heteroatoms. The first-order valence-corrected chi connectivity index (χ1v) is 17.7. The fourth-order valence-electron chi connectivity index (χ4n) is 10.2. The highest BCUT2D eigenvalue weighted by Crippen LogP contribution is 2.70. The van der Waals surface area contributed by atoms with Crippen LogP contribution in [0.5, 0.6) is 0 Å². The summed E-state index contributed by atoms with van der Waals surface area (Å²) in [5.74, 6) is 1.02. The Morgan fingerprint density at radius 1 is 0.891 bits per heavy atom. The lowest BCUT2D eigenvalue weighted by molar-refractivity contribution is 0.0543. The maximum Gasteiger partial charge on any atom is 0.0194 e. The number of fused-ring (bicyclic) bond motifs is 3. The average molecular weight is 613 g/mol. The van der Waals surface area contributed by atoms with Gasteiger partial charge in [0, 0.05) is 5.41 Å². The van der Waals surface area contributed by atoms with Gasteiger partial charge in [-0.2, -0.15) is 0 Å². The molecule has 244 valence electrons. The predicted molar refractivity (Wildman–Crippen MR) is 203 cm³/mol. The van der Waals surface area contributed by atoms with Gasteiger partial charge >= 0.3 is 0 Å². The lowest BCUT2D eigenvalue weighted by Gasteiger charge is -2.62. The van der Waals surface area contributed by atoms with Crippen molar-refractivity contribution in [2.75, 3.05) is 0 Å². The van der Waals surface area contributed by atoms with Crippen LogP contribution in [0.15, 0.2) is 95.7 Å². The van der Waals surface area contributed by atoms with Crippen molar-refractivity contribution in [3.8, 4) is 0 Å². The highest BCUT2D eigenvalue weighted by atomic mass is 14.6. The van der Waals surface area contributed by atoms with Crippen LogP contribution in [0.2, 0.25) is 0 Å². The molecule has 2 aromatic rings. The van der Waals surface area contributed by atoms with Crippen molar-refractivity contribution in [1.29, 1.82) is 0 Å². The van der Waals surface area contributed by atoms with E-state index < -0.39 is 0 Å². The molecule has 3 atom stereocenters. The second-order valence-corrected chi connectivity index (χ2v) is 16.8. The number of aryl methyl sites for hydroxylation is 1. The fourth-order valence-corrected chi connectivity index (χ4v) is 10.2. The van der Waals surface area contributed by atoms with Crippen molar-refractivity contribution < 1.29 is 0 Å². The molecule has 0 radical (unpaired) electrons. The molecule has 0 unspecified atom stereocenters. The van der Waals surface area contributed by atoms with Gasteiger partial charge in [0.15, 0.2) is 0 Å². The van der Waals surface area contributed by atoms with E-state index in [1.807, 2.05) is 0 Å². The summed E-state index contributed by atoms with van der Waals surface area (Å²) >= 11 is 0. The van der Waals surface area contributed by atoms with Gasteiger partial charge in [-0.25, -0.2) is 0 Å². The van der Waals surface area contributed by atoms with E-state index in [0.717, 1.165) is 44.1 Å². The molecule has 0 fully saturated rings. The van der Waals surface area contributed by atoms with Crippen molar-refractivity contribution in [3.05, 3.63) is 135 Å². The number of hydrogen-bond acceptors (Lipinski definition) is 0. The molecule has 0 N–H and O–H groups in total. The van der Waals surface area contributed by atoms with Crippen LogP contribution in [0.1, 0.15) is 139 Å². The maximum atomic E-state index is 4.96. The van der Waals surface area contributed by atoms with Gasteiger partial charge in [0.2, 0.25) is 0 Å². The summed E-state index contributed by atoms with van der Waals surface area (Å²) in [7, 11) is 0. The monoisotopic (exact) mass is 612 g/mol. The highest BCUT2D eigenvalue weighted by molar-refractivity contribution is 5.87. The first kappa shape index (κ1) is 34.2. The summed E-state index contributed by atoms with van der Waals surface area (Å²) in [6.45, 7) is 44.7. The molecule has 0 saturated heterocycles. The normalized spacial score (nSPS) is 26.0. The maximum absolute atomic E-state index is 4.96. The second-order valence-electron chi connectivity index (χ2n) is 16.8. The summed E-state index contributed by atoms with van der Waals surface area (Å²) in [6.07, 6.45) is 6.26. The molecular weight excluding hydrogens is 553 g/mol. The Labute approximate surface area is 282 Å². The first-order valence-electron chi connectivity index (χ1n) is 17.7. The van der Waals surface area contributed by atoms with Gasteiger partial charge in [0.25, 0.3) is 0 Å². The van der Waals surface area contributed by atoms with E-state index in [-0.39, 0.29) is 16.2 Å². The zero-order valence-electron chi connectivity index (χ0n) is 31.1. The third-order valence-corrected chi connectivity index (χ3v) is 12.6. The van der Waals surface area contributed by atoms with Crippen LogP contribution < -0.4 is 0 Å². The summed E-state index contributed by atoms with van der Waals surface area (Å²) in [6, 6.07) is 11.7. The third kappa shape index (κ3) is 5.29. The van der Waals surface area contributed by atoms with E-state index in [0.29, 0.717) is 11.8 Å². The van der Waals surface area contributed by atoms with E-state index in [4.69, 9.17) is 13.2 Å². The van der Waals surface area contributed by atoms with Gasteiger partial charge in [0.1, 0.15) is 0 Å². The van der Waals surface area contributed by atoms with Crippen LogP contribution in [0.25, 0.3) is 5.57 Å². The van der Waals surface area contributed by atoms with E-state index in [1.54, 1.807) is 5.56 Å². The number of allylic oxidation sites excluding steroid dienone is 8. The minimum atomic E-state index is -0.131. The lowest BCUT2D eigenvalue weighted by atomic mass is 9.41. The molecule has 3 aliphatic rings. The Balaban J connectivity index is 1.54. The van der Waals surface area contributed by atoms with Crippen molar-refractivity contribution in [3.63, 3.8) is 0 Å². The molecule has 0 saturated carbocycles. The number of hydrogen-bond donors (Lipinski definition) is 0. The summed E-state index contributed by atoms with van der Waals surface area (Å²) in [5.41, 5.74) is 20.8. The Kier molecular flexibility index (Phi) is 8.81. The van der Waals surface area contributed by atoms with E-state index in [9.17, 15) is 0 Å². The smallest absolute Gasteiger partial charge is 0.0194 e. The molecule has 0 spiro atoms. The highest BCUT2D eigenvalue weighted by Gasteiger charge is 2.59. The van der Waals surface area contributed by atoms with Crippen molar-refractivity contribution in [2.24, 2.45) is 16.2 Å². The van der Waals surface area contributed by atoms with E-state index in [1.165, 1.54) is 72.4 Å². The second kappa shape index (κ2) is 11.8. The van der Waals surface area contributed by atoms with Gasteiger partial charge in [-0.15, -0.1) is 0 Å². The van der Waals surface area contributed by atoms with E-state index in [2.05, 4.69) is 120 Å². The van der Waals surface area contributed by atoms with Crippen LogP contribution in [-0.4, -0.2) is 0 Å². The van der Waals surface area contributed by atoms with Crippen LogP contribution in [0, 0.1) is 23.2 Å². The SMILES string of the molecule is C=C(CCc1cc(C(C)C)c2c(c1C)C(=C)C1=C(C)[C@@]3(C)C(=C)C(C(=C)C)=C(C)C[C@@]3(C)C[C@@]1(C)C2)Cc1ccc(C(C)C)cc1. The lowest BCUT2D eigenvalue weighted by Crippen LogP contribution is -2.52. The largest absolute Gasteiger partial charge is 0.0995 e. The van der Waals surface area contributed by atoms with Crippen molar-refractivity contribution >= 4 is 5.57 Å². The Morgan fingerprint density at radius 2 is 1.52 bits per heavy atom. The molecule has 0 aromatic heterocycles. The minimum absolute atomic E-state index is 0.0424. The Morgan fingerprint density at radius 3 is 2.09 bits per heavy atom. The van der Waals surface area contributed by atoms with Gasteiger partial charge in [0.05, 0.1) is 0 Å². The number of benzene rings is 2. The molecule has 0 bridgehead atoms. The molecule has 0 nitrogen and oxygen atoms in total. The van der Waals surface area contributed by atoms with E-state index >= 15 is 0 Å². The fraction of sp³-hybridized carbons (Fsp3) is 0.478. The first-order chi connectivity index (χ1) is 21.4. The van der Waals surface area contributed by atoms with Crippen LogP contribution >= 0.6 is 0 Å². The summed E-state index contributed by atoms with van der Waals surface area (Å²) < 4.78 is 0. The van der Waals surface area contributed by atoms with Gasteiger partial charge < -0.3 is 0 Å². The topological polar surface area (TPSA) is 0 Å². The molecule has 0 amide bonds. The Hall–Kier alpha value is -3.12. The summed E-state index contributed by atoms with van der Waals surface area (Å²) in [4.78, 5) is 0. The van der Waals surface area contributed by atoms with Gasteiger partial charge in [-0.1, -0.05) is 127 Å².